The molecule has 1 aromatic rings. The van der Waals surface area contributed by atoms with E-state index < -0.39 is 6.10 Å². The molecule has 0 aliphatic heterocycles. The fourth-order valence-corrected chi connectivity index (χ4v) is 2.19. The van der Waals surface area contributed by atoms with Gasteiger partial charge in [-0.25, -0.2) is 0 Å². The highest BCUT2D eigenvalue weighted by atomic mass is 35.5. The van der Waals surface area contributed by atoms with Crippen molar-refractivity contribution in [1.29, 1.82) is 0 Å². The van der Waals surface area contributed by atoms with Crippen LogP contribution in [0.2, 0.25) is 10.0 Å². The molecule has 114 valence electrons. The molecule has 0 aliphatic rings. The minimum atomic E-state index is -0.564. The summed E-state index contributed by atoms with van der Waals surface area (Å²) in [5.41, 5.74) is 0.784. The van der Waals surface area contributed by atoms with E-state index >= 15 is 0 Å². The second kappa shape index (κ2) is 9.59. The number of halogens is 2. The van der Waals surface area contributed by atoms with E-state index in [0.717, 1.165) is 25.2 Å². The summed E-state index contributed by atoms with van der Waals surface area (Å²) in [7, 11) is 2.12. The number of benzene rings is 1. The molecular weight excluding hydrogens is 295 g/mol. The fourth-order valence-electron chi connectivity index (χ4n) is 1.89. The van der Waals surface area contributed by atoms with Crippen molar-refractivity contribution in [3.05, 3.63) is 33.8 Å². The lowest BCUT2D eigenvalue weighted by molar-refractivity contribution is 0.173. The number of aliphatic hydroxyl groups is 1. The maximum Gasteiger partial charge on any atom is 0.0914 e. The van der Waals surface area contributed by atoms with Gasteiger partial charge < -0.3 is 15.3 Å². The lowest BCUT2D eigenvalue weighted by Gasteiger charge is -2.18. The van der Waals surface area contributed by atoms with Gasteiger partial charge in [0.25, 0.3) is 0 Å². The fraction of sp³-hybridized carbons (Fsp3) is 0.600. The number of nitrogens with zero attached hydrogens (tertiary/aromatic N) is 1. The van der Waals surface area contributed by atoms with Gasteiger partial charge in [-0.2, -0.15) is 0 Å². The summed E-state index contributed by atoms with van der Waals surface area (Å²) in [5, 5.41) is 14.3. The zero-order valence-corrected chi connectivity index (χ0v) is 13.7. The van der Waals surface area contributed by atoms with E-state index in [-0.39, 0.29) is 0 Å². The van der Waals surface area contributed by atoms with E-state index in [1.807, 2.05) is 0 Å². The Morgan fingerprint density at radius 3 is 2.65 bits per heavy atom. The molecule has 0 aliphatic carbocycles. The Bertz CT molecular complexity index is 401. The Balaban J connectivity index is 2.26. The molecule has 0 heterocycles. The van der Waals surface area contributed by atoms with Crippen LogP contribution in [-0.4, -0.2) is 43.2 Å². The average Bonchev–Trinajstić information content (AvgIpc) is 2.44. The zero-order valence-electron chi connectivity index (χ0n) is 12.2. The summed E-state index contributed by atoms with van der Waals surface area (Å²) in [6.07, 6.45) is 1.88. The van der Waals surface area contributed by atoms with Gasteiger partial charge in [-0.1, -0.05) is 42.6 Å². The predicted octanol–water partition coefficient (Wildman–Crippen LogP) is 3.35. The van der Waals surface area contributed by atoms with Crippen molar-refractivity contribution in [2.75, 3.05) is 33.2 Å². The molecule has 5 heteroatoms. The Morgan fingerprint density at radius 2 is 2.00 bits per heavy atom. The molecule has 0 bridgehead atoms. The monoisotopic (exact) mass is 318 g/mol. The Morgan fingerprint density at radius 1 is 1.25 bits per heavy atom. The molecule has 20 heavy (non-hydrogen) atoms. The Kier molecular flexibility index (Phi) is 8.50. The summed E-state index contributed by atoms with van der Waals surface area (Å²) in [4.78, 5) is 2.29. The van der Waals surface area contributed by atoms with Crippen molar-refractivity contribution in [1.82, 2.24) is 10.2 Å². The topological polar surface area (TPSA) is 35.5 Å². The van der Waals surface area contributed by atoms with Gasteiger partial charge in [0.15, 0.2) is 0 Å². The second-order valence-electron chi connectivity index (χ2n) is 5.05. The first-order chi connectivity index (χ1) is 9.54. The number of rotatable bonds is 9. The van der Waals surface area contributed by atoms with E-state index in [2.05, 4.69) is 24.2 Å². The van der Waals surface area contributed by atoms with Crippen LogP contribution in [0.4, 0.5) is 0 Å². The molecule has 3 nitrogen and oxygen atoms in total. The van der Waals surface area contributed by atoms with E-state index in [1.165, 1.54) is 12.8 Å². The van der Waals surface area contributed by atoms with E-state index in [1.54, 1.807) is 18.2 Å². The van der Waals surface area contributed by atoms with Crippen LogP contribution in [0.15, 0.2) is 18.2 Å². The van der Waals surface area contributed by atoms with Gasteiger partial charge >= 0.3 is 0 Å². The number of unbranched alkanes of at least 4 members (excludes halogenated alkanes) is 1. The van der Waals surface area contributed by atoms with Gasteiger partial charge in [-0.15, -0.1) is 0 Å². The van der Waals surface area contributed by atoms with Crippen molar-refractivity contribution in [2.24, 2.45) is 0 Å². The first kappa shape index (κ1) is 17.7. The highest BCUT2D eigenvalue weighted by Crippen LogP contribution is 2.25. The molecule has 0 fully saturated rings. The molecule has 1 aromatic carbocycles. The molecule has 0 saturated heterocycles. The van der Waals surface area contributed by atoms with Gasteiger partial charge in [0, 0.05) is 19.6 Å². The lowest BCUT2D eigenvalue weighted by Crippen LogP contribution is -2.32. The molecule has 0 saturated carbocycles. The normalized spacial score (nSPS) is 12.9. The summed E-state index contributed by atoms with van der Waals surface area (Å²) in [6, 6.07) is 5.22. The Hall–Kier alpha value is -0.320. The summed E-state index contributed by atoms with van der Waals surface area (Å²) < 4.78 is 0. The van der Waals surface area contributed by atoms with Gasteiger partial charge in [0.1, 0.15) is 0 Å². The minimum absolute atomic E-state index is 0.475. The molecule has 0 radical (unpaired) electrons. The van der Waals surface area contributed by atoms with E-state index in [4.69, 9.17) is 23.2 Å². The van der Waals surface area contributed by atoms with E-state index in [0.29, 0.717) is 16.6 Å². The predicted molar refractivity (Wildman–Crippen MR) is 86.7 cm³/mol. The van der Waals surface area contributed by atoms with Crippen LogP contribution >= 0.6 is 23.2 Å². The largest absolute Gasteiger partial charge is 0.387 e. The maximum atomic E-state index is 10.1. The quantitative estimate of drug-likeness (QED) is 0.685. The smallest absolute Gasteiger partial charge is 0.0914 e. The minimum Gasteiger partial charge on any atom is -0.387 e. The number of nitrogens with one attached hydrogen (secondary N) is 1. The first-order valence-electron chi connectivity index (χ1n) is 7.07. The van der Waals surface area contributed by atoms with Crippen molar-refractivity contribution in [3.8, 4) is 0 Å². The van der Waals surface area contributed by atoms with Crippen molar-refractivity contribution >= 4 is 23.2 Å². The highest BCUT2D eigenvalue weighted by molar-refractivity contribution is 6.42. The SMILES string of the molecule is CCCCN(C)CCNC[C@H](O)c1ccc(Cl)c(Cl)c1. The molecule has 0 amide bonds. The van der Waals surface area contributed by atoms with Crippen molar-refractivity contribution in [3.63, 3.8) is 0 Å². The number of hydrogen-bond donors (Lipinski definition) is 2. The molecule has 0 unspecified atom stereocenters. The lowest BCUT2D eigenvalue weighted by atomic mass is 10.1. The molecule has 0 spiro atoms. The van der Waals surface area contributed by atoms with Crippen LogP contribution in [0.25, 0.3) is 0 Å². The Labute approximate surface area is 131 Å². The number of likely N-dealkylation sites (N-methyl/N-ethyl adjacent to an activating group) is 1. The molecule has 0 aromatic heterocycles. The van der Waals surface area contributed by atoms with Crippen molar-refractivity contribution in [2.45, 2.75) is 25.9 Å². The standard InChI is InChI=1S/C15H24Cl2N2O/c1-3-4-8-19(2)9-7-18-11-15(20)12-5-6-13(16)14(17)10-12/h5-6,10,15,18,20H,3-4,7-9,11H2,1-2H3/t15-/m0/s1. The van der Waals surface area contributed by atoms with Gasteiger partial charge in [-0.3, -0.25) is 0 Å². The van der Waals surface area contributed by atoms with Crippen LogP contribution in [0, 0.1) is 0 Å². The molecule has 1 rings (SSSR count). The van der Waals surface area contributed by atoms with Crippen molar-refractivity contribution < 1.29 is 5.11 Å². The van der Waals surface area contributed by atoms with Gasteiger partial charge in [-0.05, 0) is 37.7 Å². The average molecular weight is 319 g/mol. The van der Waals surface area contributed by atoms with Crippen LogP contribution in [0.5, 0.6) is 0 Å². The number of hydrogen-bond acceptors (Lipinski definition) is 3. The molecule has 1 atom stereocenters. The van der Waals surface area contributed by atoms with Crippen LogP contribution in [0.3, 0.4) is 0 Å². The van der Waals surface area contributed by atoms with Gasteiger partial charge in [0.05, 0.1) is 16.1 Å². The molecule has 2 N–H and O–H groups in total. The number of aliphatic hydroxyl groups excluding tert-OH is 1. The maximum absolute atomic E-state index is 10.1. The second-order valence-corrected chi connectivity index (χ2v) is 5.86. The third-order valence-electron chi connectivity index (χ3n) is 3.23. The summed E-state index contributed by atoms with van der Waals surface area (Å²) >= 11 is 11.8. The highest BCUT2D eigenvalue weighted by Gasteiger charge is 2.09. The summed E-state index contributed by atoms with van der Waals surface area (Å²) in [6.45, 7) is 5.67. The van der Waals surface area contributed by atoms with Crippen LogP contribution in [-0.2, 0) is 0 Å². The van der Waals surface area contributed by atoms with Crippen LogP contribution < -0.4 is 5.32 Å². The van der Waals surface area contributed by atoms with Gasteiger partial charge in [0.2, 0.25) is 0 Å². The summed E-state index contributed by atoms with van der Waals surface area (Å²) in [5.74, 6) is 0. The molecular formula is C15H24Cl2N2O. The third-order valence-corrected chi connectivity index (χ3v) is 3.97. The van der Waals surface area contributed by atoms with E-state index in [9.17, 15) is 5.11 Å². The zero-order chi connectivity index (χ0) is 15.0. The van der Waals surface area contributed by atoms with Crippen LogP contribution in [0.1, 0.15) is 31.4 Å². The third kappa shape index (κ3) is 6.42. The first-order valence-corrected chi connectivity index (χ1v) is 7.82.